The predicted octanol–water partition coefficient (Wildman–Crippen LogP) is 3.59. The van der Waals surface area contributed by atoms with Crippen molar-refractivity contribution >= 4 is 37.3 Å². The van der Waals surface area contributed by atoms with Crippen LogP contribution in [-0.4, -0.2) is 8.42 Å². The Morgan fingerprint density at radius 1 is 1.19 bits per heavy atom. The third-order valence-electron chi connectivity index (χ3n) is 3.14. The topological polar surface area (TPSA) is 72.2 Å². The van der Waals surface area contributed by atoms with E-state index >= 15 is 0 Å². The summed E-state index contributed by atoms with van der Waals surface area (Å²) in [5.74, 6) is -0.823. The third kappa shape index (κ3) is 3.19. The molecule has 2 rings (SSSR count). The molecular weight excluding hydrogens is 359 g/mol. The van der Waals surface area contributed by atoms with Crippen molar-refractivity contribution in [3.8, 4) is 0 Å². The third-order valence-corrected chi connectivity index (χ3v) is 5.01. The van der Waals surface area contributed by atoms with Gasteiger partial charge in [-0.15, -0.1) is 0 Å². The highest BCUT2D eigenvalue weighted by molar-refractivity contribution is 9.10. The fourth-order valence-electron chi connectivity index (χ4n) is 1.90. The van der Waals surface area contributed by atoms with Gasteiger partial charge >= 0.3 is 0 Å². The molecule has 0 heterocycles. The van der Waals surface area contributed by atoms with E-state index < -0.39 is 20.7 Å². The van der Waals surface area contributed by atoms with E-state index in [2.05, 4.69) is 20.7 Å². The Morgan fingerprint density at radius 2 is 1.86 bits per heavy atom. The van der Waals surface area contributed by atoms with Crippen LogP contribution in [0.2, 0.25) is 0 Å². The standard InChI is InChI=1S/C14H14BrFN2O2S/c1-8-3-5-12(17)9(2)14(8)18-21(19,20)13-6-4-10(15)7-11(13)16/h3-7,18H,17H2,1-2H3. The van der Waals surface area contributed by atoms with Crippen molar-refractivity contribution in [1.29, 1.82) is 0 Å². The van der Waals surface area contributed by atoms with Crippen LogP contribution in [0.15, 0.2) is 39.7 Å². The molecule has 0 saturated heterocycles. The quantitative estimate of drug-likeness (QED) is 0.808. The summed E-state index contributed by atoms with van der Waals surface area (Å²) < 4.78 is 41.4. The van der Waals surface area contributed by atoms with E-state index in [1.807, 2.05) is 0 Å². The molecule has 2 aromatic carbocycles. The van der Waals surface area contributed by atoms with E-state index in [0.29, 0.717) is 27.0 Å². The van der Waals surface area contributed by atoms with Gasteiger partial charge in [0, 0.05) is 10.2 Å². The second-order valence-electron chi connectivity index (χ2n) is 4.65. The zero-order valence-corrected chi connectivity index (χ0v) is 13.8. The molecule has 0 amide bonds. The Kier molecular flexibility index (Phi) is 4.25. The van der Waals surface area contributed by atoms with Crippen molar-refractivity contribution in [3.05, 3.63) is 51.7 Å². The number of nitrogen functional groups attached to an aromatic ring is 1. The molecule has 21 heavy (non-hydrogen) atoms. The summed E-state index contributed by atoms with van der Waals surface area (Å²) in [4.78, 5) is -0.410. The maximum Gasteiger partial charge on any atom is 0.264 e. The van der Waals surface area contributed by atoms with E-state index in [9.17, 15) is 12.8 Å². The number of nitrogens with one attached hydrogen (secondary N) is 1. The molecule has 0 unspecified atom stereocenters. The molecule has 112 valence electrons. The fraction of sp³-hybridized carbons (Fsp3) is 0.143. The Balaban J connectivity index is 2.50. The van der Waals surface area contributed by atoms with Crippen molar-refractivity contribution in [2.24, 2.45) is 0 Å². The van der Waals surface area contributed by atoms with Crippen LogP contribution in [0.1, 0.15) is 11.1 Å². The van der Waals surface area contributed by atoms with Crippen LogP contribution in [-0.2, 0) is 10.0 Å². The molecule has 0 fully saturated rings. The first-order valence-electron chi connectivity index (χ1n) is 6.06. The van der Waals surface area contributed by atoms with Crippen LogP contribution in [0.25, 0.3) is 0 Å². The highest BCUT2D eigenvalue weighted by atomic mass is 79.9. The van der Waals surface area contributed by atoms with Crippen molar-refractivity contribution in [2.75, 3.05) is 10.5 Å². The van der Waals surface area contributed by atoms with Gasteiger partial charge in [-0.1, -0.05) is 22.0 Å². The lowest BCUT2D eigenvalue weighted by Gasteiger charge is -2.15. The zero-order valence-electron chi connectivity index (χ0n) is 11.4. The second-order valence-corrected chi connectivity index (χ2v) is 7.22. The molecule has 4 nitrogen and oxygen atoms in total. The van der Waals surface area contributed by atoms with Gasteiger partial charge < -0.3 is 5.73 Å². The number of sulfonamides is 1. The molecule has 0 radical (unpaired) electrons. The van der Waals surface area contributed by atoms with E-state index in [0.717, 1.165) is 6.07 Å². The van der Waals surface area contributed by atoms with Gasteiger partial charge in [-0.3, -0.25) is 4.72 Å². The number of benzene rings is 2. The number of halogens is 2. The molecule has 0 aliphatic rings. The molecule has 0 aliphatic carbocycles. The minimum Gasteiger partial charge on any atom is -0.398 e. The molecule has 0 bridgehead atoms. The first-order chi connectivity index (χ1) is 9.72. The highest BCUT2D eigenvalue weighted by Crippen LogP contribution is 2.28. The fourth-order valence-corrected chi connectivity index (χ4v) is 3.49. The molecule has 0 spiro atoms. The van der Waals surface area contributed by atoms with Crippen LogP contribution in [0, 0.1) is 19.7 Å². The van der Waals surface area contributed by atoms with Gasteiger partial charge in [-0.05, 0) is 49.2 Å². The van der Waals surface area contributed by atoms with Gasteiger partial charge in [-0.2, -0.15) is 0 Å². The summed E-state index contributed by atoms with van der Waals surface area (Å²) in [6.07, 6.45) is 0. The lowest BCUT2D eigenvalue weighted by molar-refractivity contribution is 0.570. The predicted molar refractivity (Wildman–Crippen MR) is 85.2 cm³/mol. The van der Waals surface area contributed by atoms with Gasteiger partial charge in [0.2, 0.25) is 0 Å². The number of hydrogen-bond donors (Lipinski definition) is 2. The summed E-state index contributed by atoms with van der Waals surface area (Å²) in [7, 11) is -4.02. The monoisotopic (exact) mass is 372 g/mol. The molecule has 7 heteroatoms. The van der Waals surface area contributed by atoms with E-state index in [-0.39, 0.29) is 0 Å². The normalized spacial score (nSPS) is 11.4. The first-order valence-corrected chi connectivity index (χ1v) is 8.33. The van der Waals surface area contributed by atoms with Gasteiger partial charge in [0.1, 0.15) is 10.7 Å². The minimum atomic E-state index is -4.02. The molecule has 0 atom stereocenters. The smallest absolute Gasteiger partial charge is 0.264 e. The average Bonchev–Trinajstić information content (AvgIpc) is 2.39. The Bertz CT molecular complexity index is 807. The Hall–Kier alpha value is -1.60. The lowest BCUT2D eigenvalue weighted by Crippen LogP contribution is -2.16. The highest BCUT2D eigenvalue weighted by Gasteiger charge is 2.21. The van der Waals surface area contributed by atoms with Gasteiger partial charge in [0.05, 0.1) is 5.69 Å². The van der Waals surface area contributed by atoms with Crippen LogP contribution < -0.4 is 10.5 Å². The zero-order chi connectivity index (χ0) is 15.8. The molecule has 0 aromatic heterocycles. The van der Waals surface area contributed by atoms with Crippen LogP contribution in [0.3, 0.4) is 0 Å². The Morgan fingerprint density at radius 3 is 2.48 bits per heavy atom. The summed E-state index contributed by atoms with van der Waals surface area (Å²) in [6, 6.07) is 7.18. The second kappa shape index (κ2) is 5.65. The van der Waals surface area contributed by atoms with Crippen molar-refractivity contribution < 1.29 is 12.8 Å². The largest absolute Gasteiger partial charge is 0.398 e. The lowest BCUT2D eigenvalue weighted by atomic mass is 10.1. The van der Waals surface area contributed by atoms with E-state index in [4.69, 9.17) is 5.73 Å². The Labute approximate surface area is 131 Å². The summed E-state index contributed by atoms with van der Waals surface area (Å²) in [5.41, 5.74) is 7.94. The van der Waals surface area contributed by atoms with Gasteiger partial charge in [0.25, 0.3) is 10.0 Å². The number of anilines is 2. The first kappa shape index (κ1) is 15.8. The summed E-state index contributed by atoms with van der Waals surface area (Å²) >= 11 is 3.09. The molecule has 0 saturated carbocycles. The minimum absolute atomic E-state index is 0.373. The average molecular weight is 373 g/mol. The SMILES string of the molecule is Cc1ccc(N)c(C)c1NS(=O)(=O)c1ccc(Br)cc1F. The van der Waals surface area contributed by atoms with E-state index in [1.165, 1.54) is 12.1 Å². The maximum atomic E-state index is 13.9. The van der Waals surface area contributed by atoms with Crippen LogP contribution in [0.5, 0.6) is 0 Å². The number of nitrogens with two attached hydrogens (primary N) is 1. The number of hydrogen-bond acceptors (Lipinski definition) is 3. The van der Waals surface area contributed by atoms with E-state index in [1.54, 1.807) is 26.0 Å². The van der Waals surface area contributed by atoms with Crippen molar-refractivity contribution in [3.63, 3.8) is 0 Å². The van der Waals surface area contributed by atoms with Crippen LogP contribution in [0.4, 0.5) is 15.8 Å². The molecule has 0 aliphatic heterocycles. The molecule has 2 aromatic rings. The molecule has 3 N–H and O–H groups in total. The number of aryl methyl sites for hydroxylation is 1. The van der Waals surface area contributed by atoms with Gasteiger partial charge in [-0.25, -0.2) is 12.8 Å². The summed E-state index contributed by atoms with van der Waals surface area (Å²) in [5, 5.41) is 0. The van der Waals surface area contributed by atoms with Crippen molar-refractivity contribution in [2.45, 2.75) is 18.7 Å². The van der Waals surface area contributed by atoms with Gasteiger partial charge in [0.15, 0.2) is 0 Å². The maximum absolute atomic E-state index is 13.9. The summed E-state index contributed by atoms with van der Waals surface area (Å²) in [6.45, 7) is 3.46. The number of rotatable bonds is 3. The van der Waals surface area contributed by atoms with Crippen LogP contribution >= 0.6 is 15.9 Å². The molecular formula is C14H14BrFN2O2S. The van der Waals surface area contributed by atoms with Crippen molar-refractivity contribution in [1.82, 2.24) is 0 Å².